The first-order valence-electron chi connectivity index (χ1n) is 18.6. The molecule has 0 aromatic carbocycles. The summed E-state index contributed by atoms with van der Waals surface area (Å²) in [4.78, 5) is 36.5. The lowest BCUT2D eigenvalue weighted by Gasteiger charge is -2.34. The second kappa shape index (κ2) is 32.7. The summed E-state index contributed by atoms with van der Waals surface area (Å²) in [6.07, 6.45) is 40.6. The number of carboxylic acids is 1. The van der Waals surface area contributed by atoms with Gasteiger partial charge in [-0.25, -0.2) is 0 Å². The van der Waals surface area contributed by atoms with E-state index in [4.69, 9.17) is 14.2 Å². The number of ether oxygens (including phenoxy) is 3. The normalized spacial score (nSPS) is 14.0. The lowest BCUT2D eigenvalue weighted by molar-refractivity contribution is -0.889. The van der Waals surface area contributed by atoms with Gasteiger partial charge in [-0.1, -0.05) is 98.9 Å². The highest BCUT2D eigenvalue weighted by molar-refractivity contribution is 5.70. The lowest BCUT2D eigenvalue weighted by Crippen LogP contribution is -2.55. The summed E-state index contributed by atoms with van der Waals surface area (Å²) in [5.74, 6) is -1.88. The van der Waals surface area contributed by atoms with Crippen LogP contribution in [0.25, 0.3) is 0 Å². The average Bonchev–Trinajstić information content (AvgIpc) is 3.06. The Balaban J connectivity index is 4.58. The molecular weight excluding hydrogens is 630 g/mol. The van der Waals surface area contributed by atoms with Gasteiger partial charge in [0.1, 0.15) is 12.6 Å². The number of carbonyl (C=O) groups excluding carboxylic acids is 3. The van der Waals surface area contributed by atoms with Gasteiger partial charge in [0.15, 0.2) is 6.10 Å². The van der Waals surface area contributed by atoms with Gasteiger partial charge in [-0.05, 0) is 77.0 Å². The Bertz CT molecular complexity index is 1090. The number of unbranched alkanes of at least 4 members (excludes halogenated alkanes) is 3. The van der Waals surface area contributed by atoms with E-state index in [2.05, 4.69) is 98.9 Å². The molecule has 0 aromatic heterocycles. The number of quaternary nitrogens is 1. The fourth-order valence-electron chi connectivity index (χ4n) is 4.67. The Morgan fingerprint density at radius 2 is 1.06 bits per heavy atom. The van der Waals surface area contributed by atoms with E-state index < -0.39 is 18.1 Å². The maximum absolute atomic E-state index is 12.6. The van der Waals surface area contributed by atoms with Crippen LogP contribution in [-0.2, 0) is 28.6 Å². The summed E-state index contributed by atoms with van der Waals surface area (Å²) in [5.41, 5.74) is 0. The third kappa shape index (κ3) is 30.6. The highest BCUT2D eigenvalue weighted by Gasteiger charge is 2.25. The Labute approximate surface area is 303 Å². The molecule has 0 aromatic rings. The molecular formula is C42H67NO7. The summed E-state index contributed by atoms with van der Waals surface area (Å²) in [6.45, 7) is 4.28. The maximum atomic E-state index is 12.6. The third-order valence-corrected chi connectivity index (χ3v) is 7.53. The minimum atomic E-state index is -1.14. The van der Waals surface area contributed by atoms with Crippen molar-refractivity contribution in [1.82, 2.24) is 0 Å². The van der Waals surface area contributed by atoms with E-state index in [1.165, 1.54) is 0 Å². The predicted molar refractivity (Wildman–Crippen MR) is 203 cm³/mol. The SMILES string of the molecule is CC/C=C/C/C=C/C/C=C/C/C=C/C/C=C/CCCC(=O)OC(COCCC(C(=O)[O-])[N+](C)(C)C)COC(=O)CCCC/C=C/C/C=C/CC. The molecule has 0 radical (unpaired) electrons. The number of hydrogen-bond acceptors (Lipinski definition) is 7. The van der Waals surface area contributed by atoms with Crippen LogP contribution in [0.1, 0.15) is 110 Å². The Morgan fingerprint density at radius 3 is 1.54 bits per heavy atom. The molecule has 8 nitrogen and oxygen atoms in total. The maximum Gasteiger partial charge on any atom is 0.306 e. The smallest absolute Gasteiger partial charge is 0.306 e. The van der Waals surface area contributed by atoms with Crippen molar-refractivity contribution < 1.29 is 38.2 Å². The summed E-state index contributed by atoms with van der Waals surface area (Å²) >= 11 is 0. The first-order chi connectivity index (χ1) is 24.1. The van der Waals surface area contributed by atoms with Gasteiger partial charge in [0, 0.05) is 19.3 Å². The van der Waals surface area contributed by atoms with Crippen molar-refractivity contribution in [3.8, 4) is 0 Å². The largest absolute Gasteiger partial charge is 0.544 e. The molecule has 282 valence electrons. The number of esters is 2. The van der Waals surface area contributed by atoms with Crippen LogP contribution in [0.5, 0.6) is 0 Å². The molecule has 0 aliphatic rings. The van der Waals surface area contributed by atoms with E-state index in [9.17, 15) is 19.5 Å². The van der Waals surface area contributed by atoms with Gasteiger partial charge >= 0.3 is 11.9 Å². The first kappa shape index (κ1) is 46.5. The molecule has 2 unspecified atom stereocenters. The van der Waals surface area contributed by atoms with Gasteiger partial charge in [0.2, 0.25) is 0 Å². The monoisotopic (exact) mass is 697 g/mol. The summed E-state index contributed by atoms with van der Waals surface area (Å²) in [6, 6.07) is -0.743. The van der Waals surface area contributed by atoms with Crippen LogP contribution in [0.15, 0.2) is 85.1 Å². The van der Waals surface area contributed by atoms with Crippen molar-refractivity contribution in [2.75, 3.05) is 41.0 Å². The molecule has 0 rings (SSSR count). The number of nitrogens with zero attached hydrogens (tertiary/aromatic N) is 1. The molecule has 0 bridgehead atoms. The quantitative estimate of drug-likeness (QED) is 0.0313. The van der Waals surface area contributed by atoms with Crippen molar-refractivity contribution in [2.45, 2.75) is 122 Å². The van der Waals surface area contributed by atoms with Gasteiger partial charge in [-0.2, -0.15) is 0 Å². The van der Waals surface area contributed by atoms with Gasteiger partial charge in [0.25, 0.3) is 0 Å². The molecule has 0 aliphatic carbocycles. The summed E-state index contributed by atoms with van der Waals surface area (Å²) < 4.78 is 16.9. The topological polar surface area (TPSA) is 102 Å². The van der Waals surface area contributed by atoms with Crippen LogP contribution in [0.2, 0.25) is 0 Å². The summed E-state index contributed by atoms with van der Waals surface area (Å²) in [7, 11) is 5.35. The molecule has 0 amide bonds. The molecule has 8 heteroatoms. The van der Waals surface area contributed by atoms with Gasteiger partial charge in [0.05, 0.1) is 40.3 Å². The van der Waals surface area contributed by atoms with Crippen molar-refractivity contribution in [1.29, 1.82) is 0 Å². The molecule has 50 heavy (non-hydrogen) atoms. The first-order valence-corrected chi connectivity index (χ1v) is 18.6. The van der Waals surface area contributed by atoms with Gasteiger partial charge < -0.3 is 28.6 Å². The zero-order chi connectivity index (χ0) is 37.1. The minimum Gasteiger partial charge on any atom is -0.544 e. The number of allylic oxidation sites excluding steroid dienone is 14. The zero-order valence-electron chi connectivity index (χ0n) is 31.8. The van der Waals surface area contributed by atoms with E-state index in [0.717, 1.165) is 64.2 Å². The van der Waals surface area contributed by atoms with E-state index in [-0.39, 0.29) is 55.5 Å². The second-order valence-corrected chi connectivity index (χ2v) is 13.0. The Kier molecular flexibility index (Phi) is 30.4. The standard InChI is InChI=1S/C42H67NO7/c1-6-8-10-12-14-16-17-18-19-20-21-22-23-25-27-29-31-33-41(45)50-38(36-48-35-34-39(42(46)47)43(3,4)5)37-49-40(44)32-30-28-26-24-15-13-11-9-7-2/h8-11,14-16,18-19,21-22,24-25,27,38-39H,6-7,12-13,17,20,23,26,28-37H2,1-5H3/b10-8+,11-9+,16-14+,19-18+,22-21+,24-15+,27-25+. The molecule has 0 saturated carbocycles. The second-order valence-electron chi connectivity index (χ2n) is 13.0. The predicted octanol–water partition coefficient (Wildman–Crippen LogP) is 8.07. The molecule has 2 atom stereocenters. The highest BCUT2D eigenvalue weighted by Crippen LogP contribution is 2.10. The molecule has 0 saturated heterocycles. The lowest BCUT2D eigenvalue weighted by atomic mass is 10.1. The fourth-order valence-corrected chi connectivity index (χ4v) is 4.67. The Morgan fingerprint density at radius 1 is 0.600 bits per heavy atom. The van der Waals surface area contributed by atoms with Crippen LogP contribution in [0.3, 0.4) is 0 Å². The molecule has 0 heterocycles. The number of rotatable bonds is 31. The summed E-state index contributed by atoms with van der Waals surface area (Å²) in [5, 5.41) is 11.6. The van der Waals surface area contributed by atoms with E-state index in [1.807, 2.05) is 0 Å². The van der Waals surface area contributed by atoms with Gasteiger partial charge in [-0.3, -0.25) is 9.59 Å². The van der Waals surface area contributed by atoms with E-state index in [0.29, 0.717) is 12.8 Å². The third-order valence-electron chi connectivity index (χ3n) is 7.53. The highest BCUT2D eigenvalue weighted by atomic mass is 16.6. The van der Waals surface area contributed by atoms with Crippen LogP contribution in [0.4, 0.5) is 0 Å². The number of likely N-dealkylation sites (N-methyl/N-ethyl adjacent to an activating group) is 1. The van der Waals surface area contributed by atoms with Crippen LogP contribution >= 0.6 is 0 Å². The number of carbonyl (C=O) groups is 3. The minimum absolute atomic E-state index is 0.00196. The molecule has 0 fully saturated rings. The van der Waals surface area contributed by atoms with Crippen molar-refractivity contribution >= 4 is 17.9 Å². The van der Waals surface area contributed by atoms with Crippen molar-refractivity contribution in [3.05, 3.63) is 85.1 Å². The molecule has 0 spiro atoms. The van der Waals surface area contributed by atoms with E-state index in [1.54, 1.807) is 21.1 Å². The number of hydrogen-bond donors (Lipinski definition) is 0. The van der Waals surface area contributed by atoms with Crippen molar-refractivity contribution in [2.24, 2.45) is 0 Å². The molecule has 0 aliphatic heterocycles. The van der Waals surface area contributed by atoms with E-state index >= 15 is 0 Å². The average molecular weight is 698 g/mol. The van der Waals surface area contributed by atoms with Crippen LogP contribution in [-0.4, -0.2) is 75.5 Å². The zero-order valence-corrected chi connectivity index (χ0v) is 31.8. The fraction of sp³-hybridized carbons (Fsp3) is 0.595. The Hall–Kier alpha value is -3.49. The van der Waals surface area contributed by atoms with Gasteiger partial charge in [-0.15, -0.1) is 0 Å². The molecule has 0 N–H and O–H groups in total. The number of carboxylic acid groups (broad SMARTS) is 1. The number of aliphatic carboxylic acids is 1. The van der Waals surface area contributed by atoms with Crippen LogP contribution in [0, 0.1) is 0 Å². The van der Waals surface area contributed by atoms with Crippen LogP contribution < -0.4 is 5.11 Å². The van der Waals surface area contributed by atoms with Crippen molar-refractivity contribution in [3.63, 3.8) is 0 Å².